The number of Topliss-reactive ketones (excluding diaryl/α,β-unsaturated/α-hetero) is 1. The minimum atomic E-state index is -0.265. The molecule has 0 radical (unpaired) electrons. The SMILES string of the molecule is CC(CC[C@@H]1CC[C@H](NC(=O)[C@@H]2CCCO2)C1)C(=O)c1ccc(-c2nc3cc(Cl)ccc3o2)cc1. The van der Waals surface area contributed by atoms with E-state index in [4.69, 9.17) is 20.8 Å². The van der Waals surface area contributed by atoms with Gasteiger partial charge >= 0.3 is 0 Å². The Bertz CT molecular complexity index is 1200. The third-order valence-corrected chi connectivity index (χ3v) is 7.57. The summed E-state index contributed by atoms with van der Waals surface area (Å²) in [6.07, 6.45) is 6.48. The van der Waals surface area contributed by atoms with Crippen molar-refractivity contribution < 1.29 is 18.7 Å². The molecule has 2 heterocycles. The zero-order valence-electron chi connectivity index (χ0n) is 20.0. The molecule has 5 rings (SSSR count). The van der Waals surface area contributed by atoms with Crippen LogP contribution in [0.3, 0.4) is 0 Å². The van der Waals surface area contributed by atoms with Crippen LogP contribution >= 0.6 is 11.6 Å². The molecule has 2 aromatic carbocycles. The number of nitrogens with one attached hydrogen (secondary N) is 1. The van der Waals surface area contributed by atoms with Crippen LogP contribution in [0.1, 0.15) is 62.2 Å². The Kier molecular flexibility index (Phi) is 7.21. The van der Waals surface area contributed by atoms with Gasteiger partial charge in [-0.3, -0.25) is 9.59 Å². The maximum absolute atomic E-state index is 13.0. The molecular weight excluding hydrogens is 464 g/mol. The normalized spacial score (nSPS) is 23.0. The second kappa shape index (κ2) is 10.5. The van der Waals surface area contributed by atoms with Gasteiger partial charge in [-0.1, -0.05) is 30.7 Å². The number of ketones is 1. The average molecular weight is 495 g/mol. The van der Waals surface area contributed by atoms with Crippen molar-refractivity contribution in [3.8, 4) is 11.5 Å². The number of nitrogens with zero attached hydrogens (tertiary/aromatic N) is 1. The summed E-state index contributed by atoms with van der Waals surface area (Å²) in [6.45, 7) is 2.69. The van der Waals surface area contributed by atoms with Gasteiger partial charge in [-0.25, -0.2) is 4.98 Å². The fraction of sp³-hybridized carbons (Fsp3) is 0.464. The Balaban J connectivity index is 1.11. The fourth-order valence-electron chi connectivity index (χ4n) is 5.25. The van der Waals surface area contributed by atoms with Gasteiger partial charge < -0.3 is 14.5 Å². The van der Waals surface area contributed by atoms with Crippen molar-refractivity contribution >= 4 is 34.4 Å². The summed E-state index contributed by atoms with van der Waals surface area (Å²) >= 11 is 6.04. The number of ether oxygens (including phenoxy) is 1. The van der Waals surface area contributed by atoms with E-state index in [1.807, 2.05) is 31.2 Å². The molecule has 35 heavy (non-hydrogen) atoms. The molecule has 2 fully saturated rings. The number of benzene rings is 2. The van der Waals surface area contributed by atoms with Crippen LogP contribution in [-0.4, -0.2) is 35.4 Å². The lowest BCUT2D eigenvalue weighted by molar-refractivity contribution is -0.130. The van der Waals surface area contributed by atoms with Gasteiger partial charge in [-0.15, -0.1) is 0 Å². The molecule has 0 bridgehead atoms. The first-order valence-corrected chi connectivity index (χ1v) is 13.0. The van der Waals surface area contributed by atoms with Crippen molar-refractivity contribution in [2.75, 3.05) is 6.61 Å². The Morgan fingerprint density at radius 3 is 2.74 bits per heavy atom. The summed E-state index contributed by atoms with van der Waals surface area (Å²) in [7, 11) is 0. The molecule has 1 N–H and O–H groups in total. The van der Waals surface area contributed by atoms with Gasteiger partial charge in [0.25, 0.3) is 0 Å². The quantitative estimate of drug-likeness (QED) is 0.376. The number of hydrogen-bond acceptors (Lipinski definition) is 5. The van der Waals surface area contributed by atoms with Crippen LogP contribution in [0.5, 0.6) is 0 Å². The molecule has 4 atom stereocenters. The zero-order valence-corrected chi connectivity index (χ0v) is 20.7. The van der Waals surface area contributed by atoms with Gasteiger partial charge in [0.2, 0.25) is 11.8 Å². The van der Waals surface area contributed by atoms with E-state index < -0.39 is 0 Å². The monoisotopic (exact) mass is 494 g/mol. The van der Waals surface area contributed by atoms with E-state index in [0.29, 0.717) is 40.1 Å². The summed E-state index contributed by atoms with van der Waals surface area (Å²) in [5, 5.41) is 3.78. The predicted octanol–water partition coefficient (Wildman–Crippen LogP) is 6.21. The number of rotatable bonds is 8. The summed E-state index contributed by atoms with van der Waals surface area (Å²) in [5.41, 5.74) is 2.91. The van der Waals surface area contributed by atoms with Gasteiger partial charge in [0.15, 0.2) is 11.4 Å². The molecule has 184 valence electrons. The molecule has 1 saturated heterocycles. The van der Waals surface area contributed by atoms with Crippen LogP contribution in [0.4, 0.5) is 0 Å². The lowest BCUT2D eigenvalue weighted by atomic mass is 9.90. The first kappa shape index (κ1) is 24.0. The van der Waals surface area contributed by atoms with Gasteiger partial charge in [0, 0.05) is 34.7 Å². The van der Waals surface area contributed by atoms with Crippen molar-refractivity contribution in [2.24, 2.45) is 11.8 Å². The highest BCUT2D eigenvalue weighted by molar-refractivity contribution is 6.31. The number of fused-ring (bicyclic) bond motifs is 1. The third kappa shape index (κ3) is 5.60. The molecule has 3 aromatic rings. The molecule has 0 spiro atoms. The van der Waals surface area contributed by atoms with Gasteiger partial charge in [-0.05, 0) is 81.2 Å². The minimum absolute atomic E-state index is 0.0433. The molecule has 7 heteroatoms. The Morgan fingerprint density at radius 1 is 1.14 bits per heavy atom. The standard InChI is InChI=1S/C28H31ClN2O4/c1-17(4-5-18-6-12-22(15-18)30-27(33)25-3-2-14-34-25)26(32)19-7-9-20(10-8-19)28-31-23-16-21(29)11-13-24(23)35-28/h7-11,13,16-18,22,25H,2-6,12,14-15H2,1H3,(H,30,33)/t17?,18-,22+,25+/m1/s1. The highest BCUT2D eigenvalue weighted by Gasteiger charge is 2.30. The Labute approximate surface area is 210 Å². The zero-order chi connectivity index (χ0) is 24.4. The van der Waals surface area contributed by atoms with E-state index in [1.165, 1.54) is 0 Å². The second-order valence-electron chi connectivity index (χ2n) is 9.94. The Hall–Kier alpha value is -2.70. The van der Waals surface area contributed by atoms with E-state index in [1.54, 1.807) is 18.2 Å². The number of amides is 1. The number of halogens is 1. The topological polar surface area (TPSA) is 81.4 Å². The molecule has 1 saturated carbocycles. The smallest absolute Gasteiger partial charge is 0.249 e. The van der Waals surface area contributed by atoms with Crippen molar-refractivity contribution in [1.82, 2.24) is 10.3 Å². The molecule has 2 aliphatic rings. The van der Waals surface area contributed by atoms with Crippen LogP contribution in [-0.2, 0) is 9.53 Å². The fourth-order valence-corrected chi connectivity index (χ4v) is 5.42. The number of carbonyl (C=O) groups is 2. The first-order chi connectivity index (χ1) is 17.0. The molecular formula is C28H31ClN2O4. The van der Waals surface area contributed by atoms with Crippen molar-refractivity contribution in [3.05, 3.63) is 53.1 Å². The lowest BCUT2D eigenvalue weighted by Crippen LogP contribution is -2.40. The highest BCUT2D eigenvalue weighted by Crippen LogP contribution is 2.32. The van der Waals surface area contributed by atoms with Crippen LogP contribution in [0, 0.1) is 11.8 Å². The maximum Gasteiger partial charge on any atom is 0.249 e. The van der Waals surface area contributed by atoms with E-state index in [-0.39, 0.29) is 29.8 Å². The van der Waals surface area contributed by atoms with Crippen molar-refractivity contribution in [1.29, 1.82) is 0 Å². The molecule has 1 aliphatic carbocycles. The molecule has 1 amide bonds. The van der Waals surface area contributed by atoms with E-state index >= 15 is 0 Å². The van der Waals surface area contributed by atoms with E-state index in [9.17, 15) is 9.59 Å². The van der Waals surface area contributed by atoms with Crippen LogP contribution < -0.4 is 5.32 Å². The summed E-state index contributed by atoms with van der Waals surface area (Å²) in [5.74, 6) is 1.21. The summed E-state index contributed by atoms with van der Waals surface area (Å²) in [6, 6.07) is 13.0. The molecule has 1 aromatic heterocycles. The van der Waals surface area contributed by atoms with Gasteiger partial charge in [0.05, 0.1) is 0 Å². The minimum Gasteiger partial charge on any atom is -0.436 e. The van der Waals surface area contributed by atoms with Gasteiger partial charge in [-0.2, -0.15) is 0 Å². The molecule has 6 nitrogen and oxygen atoms in total. The van der Waals surface area contributed by atoms with Gasteiger partial charge in [0.1, 0.15) is 11.6 Å². The molecule has 1 aliphatic heterocycles. The highest BCUT2D eigenvalue weighted by atomic mass is 35.5. The largest absolute Gasteiger partial charge is 0.436 e. The van der Waals surface area contributed by atoms with Crippen molar-refractivity contribution in [3.63, 3.8) is 0 Å². The van der Waals surface area contributed by atoms with E-state index in [0.717, 1.165) is 50.5 Å². The number of oxazole rings is 1. The maximum atomic E-state index is 13.0. The second-order valence-corrected chi connectivity index (χ2v) is 10.4. The lowest BCUT2D eigenvalue weighted by Gasteiger charge is -2.17. The predicted molar refractivity (Wildman–Crippen MR) is 135 cm³/mol. The number of carbonyl (C=O) groups excluding carboxylic acids is 2. The van der Waals surface area contributed by atoms with E-state index in [2.05, 4.69) is 10.3 Å². The number of aromatic nitrogens is 1. The summed E-state index contributed by atoms with van der Waals surface area (Å²) in [4.78, 5) is 29.8. The first-order valence-electron chi connectivity index (χ1n) is 12.6. The van der Waals surface area contributed by atoms with Crippen LogP contribution in [0.25, 0.3) is 22.6 Å². The summed E-state index contributed by atoms with van der Waals surface area (Å²) < 4.78 is 11.3. The van der Waals surface area contributed by atoms with Crippen LogP contribution in [0.2, 0.25) is 5.02 Å². The average Bonchev–Trinajstić information content (AvgIpc) is 3.63. The third-order valence-electron chi connectivity index (χ3n) is 7.33. The Morgan fingerprint density at radius 2 is 1.97 bits per heavy atom. The van der Waals surface area contributed by atoms with Crippen molar-refractivity contribution in [2.45, 2.75) is 64.0 Å². The van der Waals surface area contributed by atoms with Crippen LogP contribution in [0.15, 0.2) is 46.9 Å². The number of hydrogen-bond donors (Lipinski definition) is 1. The molecule has 1 unspecified atom stereocenters.